The molecule has 0 unspecified atom stereocenters. The summed E-state index contributed by atoms with van der Waals surface area (Å²) in [5.41, 5.74) is 0. The number of aromatic nitrogens is 1. The summed E-state index contributed by atoms with van der Waals surface area (Å²) in [5.74, 6) is 0.423. The monoisotopic (exact) mass is 396 g/mol. The van der Waals surface area contributed by atoms with Gasteiger partial charge in [0.25, 0.3) is 0 Å². The standard InChI is InChI=1S/C18H21FN2O3S2/c19-16-6-2-3-7-17(16)24-12-13-25-18-9-8-15(14-20-18)26(22,23)21-10-4-1-5-11-21/h2-3,6-9,14H,1,4-5,10-13H2. The molecule has 8 heteroatoms. The maximum Gasteiger partial charge on any atom is 0.244 e. The average Bonchev–Trinajstić information content (AvgIpc) is 2.67. The molecule has 5 nitrogen and oxygen atoms in total. The summed E-state index contributed by atoms with van der Waals surface area (Å²) in [4.78, 5) is 4.46. The average molecular weight is 397 g/mol. The van der Waals surface area contributed by atoms with E-state index >= 15 is 0 Å². The fourth-order valence-electron chi connectivity index (χ4n) is 2.72. The Morgan fingerprint density at radius 2 is 1.88 bits per heavy atom. The number of rotatable bonds is 7. The van der Waals surface area contributed by atoms with Gasteiger partial charge in [-0.25, -0.2) is 17.8 Å². The molecule has 1 aliphatic rings. The van der Waals surface area contributed by atoms with Crippen LogP contribution in [-0.4, -0.2) is 43.2 Å². The molecule has 1 aliphatic heterocycles. The molecule has 0 aliphatic carbocycles. The summed E-state index contributed by atoms with van der Waals surface area (Å²) >= 11 is 1.43. The number of hydrogen-bond donors (Lipinski definition) is 0. The summed E-state index contributed by atoms with van der Waals surface area (Å²) < 4.78 is 45.5. The van der Waals surface area contributed by atoms with Crippen molar-refractivity contribution >= 4 is 21.8 Å². The summed E-state index contributed by atoms with van der Waals surface area (Å²) in [6.45, 7) is 1.49. The molecular formula is C18H21FN2O3S2. The minimum Gasteiger partial charge on any atom is -0.490 e. The zero-order valence-electron chi connectivity index (χ0n) is 14.3. The number of para-hydroxylation sites is 1. The first kappa shape index (κ1) is 19.1. The highest BCUT2D eigenvalue weighted by molar-refractivity contribution is 7.99. The Hall–Kier alpha value is -1.64. The van der Waals surface area contributed by atoms with E-state index in [1.54, 1.807) is 30.3 Å². The van der Waals surface area contributed by atoms with Crippen LogP contribution in [0.1, 0.15) is 19.3 Å². The number of nitrogens with zero attached hydrogens (tertiary/aromatic N) is 2. The summed E-state index contributed by atoms with van der Waals surface area (Å²) in [7, 11) is -3.45. The van der Waals surface area contributed by atoms with Gasteiger partial charge in [0.2, 0.25) is 10.0 Å². The first-order chi connectivity index (χ1) is 12.6. The SMILES string of the molecule is O=S(=O)(c1ccc(SCCOc2ccccc2F)nc1)N1CCCCC1. The highest BCUT2D eigenvalue weighted by atomic mass is 32.2. The zero-order valence-corrected chi connectivity index (χ0v) is 15.9. The van der Waals surface area contributed by atoms with Gasteiger partial charge in [0.05, 0.1) is 11.6 Å². The Bertz CT molecular complexity index is 823. The molecule has 0 radical (unpaired) electrons. The van der Waals surface area contributed by atoms with Gasteiger partial charge in [-0.3, -0.25) is 0 Å². The number of pyridine rings is 1. The fraction of sp³-hybridized carbons (Fsp3) is 0.389. The van der Waals surface area contributed by atoms with Crippen LogP contribution < -0.4 is 4.74 Å². The molecule has 1 saturated heterocycles. The molecule has 2 aromatic rings. The lowest BCUT2D eigenvalue weighted by Crippen LogP contribution is -2.35. The van der Waals surface area contributed by atoms with Crippen LogP contribution in [0.4, 0.5) is 4.39 Å². The van der Waals surface area contributed by atoms with Crippen LogP contribution in [-0.2, 0) is 10.0 Å². The lowest BCUT2D eigenvalue weighted by molar-refractivity contribution is 0.325. The highest BCUT2D eigenvalue weighted by Gasteiger charge is 2.26. The van der Waals surface area contributed by atoms with E-state index in [9.17, 15) is 12.8 Å². The zero-order chi connectivity index (χ0) is 18.4. The topological polar surface area (TPSA) is 59.5 Å². The number of thioether (sulfide) groups is 1. The van der Waals surface area contributed by atoms with Gasteiger partial charge in [0.15, 0.2) is 11.6 Å². The van der Waals surface area contributed by atoms with Crippen molar-refractivity contribution in [2.45, 2.75) is 29.2 Å². The lowest BCUT2D eigenvalue weighted by atomic mass is 10.2. The third kappa shape index (κ3) is 4.75. The Kier molecular flexibility index (Phi) is 6.50. The molecule has 0 amide bonds. The van der Waals surface area contributed by atoms with Crippen LogP contribution >= 0.6 is 11.8 Å². The van der Waals surface area contributed by atoms with E-state index in [0.717, 1.165) is 19.3 Å². The Balaban J connectivity index is 1.52. The third-order valence-electron chi connectivity index (χ3n) is 4.09. The van der Waals surface area contributed by atoms with Crippen molar-refractivity contribution in [2.24, 2.45) is 0 Å². The Labute approximate surface area is 157 Å². The molecule has 26 heavy (non-hydrogen) atoms. The van der Waals surface area contributed by atoms with Gasteiger partial charge < -0.3 is 4.74 Å². The Morgan fingerprint density at radius 3 is 2.58 bits per heavy atom. The molecule has 0 saturated carbocycles. The first-order valence-electron chi connectivity index (χ1n) is 8.54. The molecule has 1 aromatic heterocycles. The van der Waals surface area contributed by atoms with Crippen molar-refractivity contribution < 1.29 is 17.5 Å². The number of hydrogen-bond acceptors (Lipinski definition) is 5. The molecule has 140 valence electrons. The Morgan fingerprint density at radius 1 is 1.12 bits per heavy atom. The van der Waals surface area contributed by atoms with Gasteiger partial charge in [-0.15, -0.1) is 11.8 Å². The van der Waals surface area contributed by atoms with Gasteiger partial charge in [-0.1, -0.05) is 18.6 Å². The van der Waals surface area contributed by atoms with Gasteiger partial charge >= 0.3 is 0 Å². The normalized spacial score (nSPS) is 15.7. The second kappa shape index (κ2) is 8.83. The predicted octanol–water partition coefficient (Wildman–Crippen LogP) is 3.57. The van der Waals surface area contributed by atoms with Crippen molar-refractivity contribution in [2.75, 3.05) is 25.4 Å². The molecule has 0 N–H and O–H groups in total. The van der Waals surface area contributed by atoms with E-state index in [1.807, 2.05) is 0 Å². The third-order valence-corrected chi connectivity index (χ3v) is 6.88. The summed E-state index contributed by atoms with van der Waals surface area (Å²) in [6.07, 6.45) is 4.30. The van der Waals surface area contributed by atoms with Gasteiger partial charge in [-0.2, -0.15) is 4.31 Å². The van der Waals surface area contributed by atoms with Crippen LogP contribution in [0.3, 0.4) is 0 Å². The molecule has 0 atom stereocenters. The van der Waals surface area contributed by atoms with Crippen molar-refractivity contribution in [1.82, 2.24) is 9.29 Å². The molecule has 3 rings (SSSR count). The fourth-order valence-corrected chi connectivity index (χ4v) is 4.85. The molecule has 0 spiro atoms. The van der Waals surface area contributed by atoms with Crippen LogP contribution in [0.15, 0.2) is 52.5 Å². The number of sulfonamides is 1. The summed E-state index contributed by atoms with van der Waals surface area (Å²) in [6, 6.07) is 9.56. The largest absolute Gasteiger partial charge is 0.490 e. The lowest BCUT2D eigenvalue weighted by Gasteiger charge is -2.25. The highest BCUT2D eigenvalue weighted by Crippen LogP contribution is 2.23. The maximum atomic E-state index is 13.4. The van der Waals surface area contributed by atoms with Crippen LogP contribution in [0.25, 0.3) is 0 Å². The van der Waals surface area contributed by atoms with Crippen molar-refractivity contribution in [1.29, 1.82) is 0 Å². The molecular weight excluding hydrogens is 375 g/mol. The maximum absolute atomic E-state index is 13.4. The second-order valence-corrected chi connectivity index (χ2v) is 8.98. The van der Waals surface area contributed by atoms with Crippen LogP contribution in [0.2, 0.25) is 0 Å². The predicted molar refractivity (Wildman–Crippen MR) is 99.5 cm³/mol. The van der Waals surface area contributed by atoms with E-state index in [4.69, 9.17) is 4.74 Å². The van der Waals surface area contributed by atoms with Crippen LogP contribution in [0.5, 0.6) is 5.75 Å². The first-order valence-corrected chi connectivity index (χ1v) is 11.0. The van der Waals surface area contributed by atoms with E-state index in [2.05, 4.69) is 4.98 Å². The quantitative estimate of drug-likeness (QED) is 0.529. The van der Waals surface area contributed by atoms with Crippen molar-refractivity contribution in [3.05, 3.63) is 48.4 Å². The van der Waals surface area contributed by atoms with Gasteiger partial charge in [0, 0.05) is 25.0 Å². The van der Waals surface area contributed by atoms with E-state index in [-0.39, 0.29) is 16.5 Å². The number of ether oxygens (including phenoxy) is 1. The molecule has 1 fully saturated rings. The van der Waals surface area contributed by atoms with E-state index < -0.39 is 10.0 Å². The molecule has 2 heterocycles. The second-order valence-electron chi connectivity index (χ2n) is 5.92. The van der Waals surface area contributed by atoms with E-state index in [1.165, 1.54) is 28.3 Å². The number of benzene rings is 1. The minimum atomic E-state index is -3.45. The minimum absolute atomic E-state index is 0.226. The molecule has 1 aromatic carbocycles. The van der Waals surface area contributed by atoms with Gasteiger partial charge in [0.1, 0.15) is 4.90 Å². The van der Waals surface area contributed by atoms with E-state index in [0.29, 0.717) is 30.5 Å². The summed E-state index contributed by atoms with van der Waals surface area (Å²) in [5, 5.41) is 0.708. The van der Waals surface area contributed by atoms with Crippen molar-refractivity contribution in [3.8, 4) is 5.75 Å². The number of piperidine rings is 1. The van der Waals surface area contributed by atoms with Crippen molar-refractivity contribution in [3.63, 3.8) is 0 Å². The van der Waals surface area contributed by atoms with Crippen LogP contribution in [0, 0.1) is 5.82 Å². The number of halogens is 1. The molecule has 0 bridgehead atoms. The van der Waals surface area contributed by atoms with Gasteiger partial charge in [-0.05, 0) is 37.1 Å². The smallest absolute Gasteiger partial charge is 0.244 e.